The smallest absolute Gasteiger partial charge is 0.305 e. The molecule has 9 heteroatoms. The van der Waals surface area contributed by atoms with Crippen LogP contribution in [0.3, 0.4) is 0 Å². The molecule has 0 spiro atoms. The van der Waals surface area contributed by atoms with E-state index in [1.165, 1.54) is 24.5 Å². The van der Waals surface area contributed by atoms with E-state index in [9.17, 15) is 14.4 Å². The summed E-state index contributed by atoms with van der Waals surface area (Å²) in [5, 5.41) is 4.30. The number of carbonyl (C=O) groups excluding carboxylic acids is 3. The Labute approximate surface area is 183 Å². The third-order valence-corrected chi connectivity index (χ3v) is 5.09. The van der Waals surface area contributed by atoms with E-state index in [-0.39, 0.29) is 11.7 Å². The molecule has 0 saturated carbocycles. The predicted octanol–water partition coefficient (Wildman–Crippen LogP) is 2.53. The summed E-state index contributed by atoms with van der Waals surface area (Å²) in [6.07, 6.45) is 5.04. The summed E-state index contributed by atoms with van der Waals surface area (Å²) in [7, 11) is 0. The molecule has 32 heavy (non-hydrogen) atoms. The highest BCUT2D eigenvalue weighted by Gasteiger charge is 2.28. The minimum Gasteiger partial charge on any atom is -0.455 e. The molecule has 0 fully saturated rings. The minimum absolute atomic E-state index is 0.0917. The molecular weight excluding hydrogens is 410 g/mol. The molecule has 0 unspecified atom stereocenters. The lowest BCUT2D eigenvalue weighted by Crippen LogP contribution is -2.41. The van der Waals surface area contributed by atoms with Crippen molar-refractivity contribution in [1.29, 1.82) is 0 Å². The average molecular weight is 431 g/mol. The molecule has 162 valence electrons. The van der Waals surface area contributed by atoms with Gasteiger partial charge in [-0.2, -0.15) is 5.10 Å². The normalized spacial score (nSPS) is 13.8. The van der Waals surface area contributed by atoms with Crippen LogP contribution in [0.15, 0.2) is 64.4 Å². The van der Waals surface area contributed by atoms with E-state index in [1.807, 2.05) is 6.07 Å². The number of fused-ring (bicyclic) bond motifs is 1. The number of pyridine rings is 1. The van der Waals surface area contributed by atoms with Gasteiger partial charge >= 0.3 is 5.91 Å². The predicted molar refractivity (Wildman–Crippen MR) is 116 cm³/mol. The maximum Gasteiger partial charge on any atom is 0.305 e. The molecule has 2 heterocycles. The number of nitrogens with zero attached hydrogens (tertiary/aromatic N) is 2. The molecular formula is C23H21N5O4. The van der Waals surface area contributed by atoms with Crippen LogP contribution < -0.4 is 16.3 Å². The van der Waals surface area contributed by atoms with Crippen molar-refractivity contribution >= 4 is 23.4 Å². The number of benzene rings is 1. The number of nitrogens with one attached hydrogen (secondary N) is 3. The quantitative estimate of drug-likeness (QED) is 0.548. The summed E-state index contributed by atoms with van der Waals surface area (Å²) in [5.41, 5.74) is 10.1. The molecule has 0 radical (unpaired) electrons. The molecule has 0 bridgehead atoms. The van der Waals surface area contributed by atoms with Gasteiger partial charge in [-0.3, -0.25) is 30.2 Å². The van der Waals surface area contributed by atoms with Crippen LogP contribution >= 0.6 is 0 Å². The van der Waals surface area contributed by atoms with Crippen molar-refractivity contribution in [2.75, 3.05) is 0 Å². The highest BCUT2D eigenvalue weighted by atomic mass is 16.4. The number of furan rings is 1. The summed E-state index contributed by atoms with van der Waals surface area (Å²) < 4.78 is 5.79. The van der Waals surface area contributed by atoms with Crippen LogP contribution in [0.4, 0.5) is 0 Å². The van der Waals surface area contributed by atoms with Gasteiger partial charge < -0.3 is 4.42 Å². The van der Waals surface area contributed by atoms with Crippen LogP contribution in [0.1, 0.15) is 61.0 Å². The van der Waals surface area contributed by atoms with E-state index in [0.29, 0.717) is 41.0 Å². The Morgan fingerprint density at radius 1 is 0.906 bits per heavy atom. The first-order valence-electron chi connectivity index (χ1n) is 10.1. The van der Waals surface area contributed by atoms with Gasteiger partial charge in [0.1, 0.15) is 5.76 Å². The van der Waals surface area contributed by atoms with E-state index in [2.05, 4.69) is 26.4 Å². The fourth-order valence-corrected chi connectivity index (χ4v) is 3.51. The van der Waals surface area contributed by atoms with Crippen molar-refractivity contribution < 1.29 is 18.8 Å². The summed E-state index contributed by atoms with van der Waals surface area (Å²) in [4.78, 5) is 40.9. The zero-order valence-electron chi connectivity index (χ0n) is 17.3. The van der Waals surface area contributed by atoms with Gasteiger partial charge in [0.2, 0.25) is 0 Å². The minimum atomic E-state index is -0.577. The standard InChI is InChI=1S/C23H21N5O4/c1-14-19-17(25-26-21(29)15-6-3-2-4-7-15)8-5-9-18(19)32-20(14)23(31)28-27-22(30)16-10-12-24-13-11-16/h2-4,6-7,10-13H,5,8-9H2,1H3,(H,26,29)(H,27,30)(H,28,31)/b25-17+. The van der Waals surface area contributed by atoms with E-state index in [4.69, 9.17) is 4.42 Å². The highest BCUT2D eigenvalue weighted by Crippen LogP contribution is 2.29. The van der Waals surface area contributed by atoms with Gasteiger partial charge in [0, 0.05) is 41.1 Å². The van der Waals surface area contributed by atoms with Crippen molar-refractivity contribution in [3.8, 4) is 0 Å². The second-order valence-electron chi connectivity index (χ2n) is 7.22. The Hall–Kier alpha value is -4.27. The van der Waals surface area contributed by atoms with Crippen molar-refractivity contribution in [2.24, 2.45) is 5.10 Å². The largest absolute Gasteiger partial charge is 0.455 e. The van der Waals surface area contributed by atoms with E-state index in [0.717, 1.165) is 12.0 Å². The molecule has 1 aromatic carbocycles. The van der Waals surface area contributed by atoms with Gasteiger partial charge in [-0.25, -0.2) is 5.43 Å². The monoisotopic (exact) mass is 431 g/mol. The number of aromatic nitrogens is 1. The van der Waals surface area contributed by atoms with Gasteiger partial charge in [0.05, 0.1) is 5.71 Å². The van der Waals surface area contributed by atoms with Crippen LogP contribution in [0.25, 0.3) is 0 Å². The Morgan fingerprint density at radius 3 is 2.34 bits per heavy atom. The summed E-state index contributed by atoms with van der Waals surface area (Å²) in [5.74, 6) is -0.642. The number of aryl methyl sites for hydroxylation is 1. The second kappa shape index (κ2) is 9.25. The lowest BCUT2D eigenvalue weighted by atomic mass is 9.93. The van der Waals surface area contributed by atoms with E-state index >= 15 is 0 Å². The molecule has 0 atom stereocenters. The van der Waals surface area contributed by atoms with Crippen LogP contribution in [-0.2, 0) is 6.42 Å². The molecule has 3 aromatic rings. The van der Waals surface area contributed by atoms with Crippen molar-refractivity contribution in [3.63, 3.8) is 0 Å². The molecule has 4 rings (SSSR count). The van der Waals surface area contributed by atoms with Gasteiger partial charge in [0.25, 0.3) is 11.8 Å². The van der Waals surface area contributed by atoms with Crippen molar-refractivity contribution in [2.45, 2.75) is 26.2 Å². The van der Waals surface area contributed by atoms with Gasteiger partial charge in [-0.1, -0.05) is 18.2 Å². The molecule has 3 amide bonds. The highest BCUT2D eigenvalue weighted by molar-refractivity contribution is 6.07. The Balaban J connectivity index is 1.48. The summed E-state index contributed by atoms with van der Waals surface area (Å²) in [6, 6.07) is 11.9. The lowest BCUT2D eigenvalue weighted by Gasteiger charge is -2.13. The Morgan fingerprint density at radius 2 is 1.59 bits per heavy atom. The molecule has 0 aliphatic heterocycles. The third kappa shape index (κ3) is 4.41. The topological polar surface area (TPSA) is 126 Å². The lowest BCUT2D eigenvalue weighted by molar-refractivity contribution is 0.0829. The summed E-state index contributed by atoms with van der Waals surface area (Å²) in [6.45, 7) is 1.75. The maximum absolute atomic E-state index is 12.6. The Kier molecular flexibility index (Phi) is 6.07. The number of rotatable bonds is 4. The van der Waals surface area contributed by atoms with E-state index < -0.39 is 11.8 Å². The van der Waals surface area contributed by atoms with E-state index in [1.54, 1.807) is 31.2 Å². The van der Waals surface area contributed by atoms with Crippen molar-refractivity contribution in [3.05, 3.63) is 88.6 Å². The zero-order chi connectivity index (χ0) is 22.5. The fraction of sp³-hybridized carbons (Fsp3) is 0.174. The average Bonchev–Trinajstić information content (AvgIpc) is 3.19. The van der Waals surface area contributed by atoms with Crippen LogP contribution in [0, 0.1) is 6.92 Å². The number of amides is 3. The molecule has 1 aliphatic rings. The summed E-state index contributed by atoms with van der Waals surface area (Å²) >= 11 is 0. The van der Waals surface area contributed by atoms with Gasteiger partial charge in [-0.05, 0) is 44.0 Å². The third-order valence-electron chi connectivity index (χ3n) is 5.09. The zero-order valence-corrected chi connectivity index (χ0v) is 17.3. The van der Waals surface area contributed by atoms with Crippen LogP contribution in [0.5, 0.6) is 0 Å². The first kappa shape index (κ1) is 21.0. The number of hydrogen-bond acceptors (Lipinski definition) is 6. The van der Waals surface area contributed by atoms with Crippen molar-refractivity contribution in [1.82, 2.24) is 21.3 Å². The molecule has 0 saturated heterocycles. The molecule has 2 aromatic heterocycles. The SMILES string of the molecule is Cc1c(C(=O)NNC(=O)c2ccncc2)oc2c1/C(=N/NC(=O)c1ccccc1)CCC2. The van der Waals surface area contributed by atoms with Gasteiger partial charge in [-0.15, -0.1) is 0 Å². The maximum atomic E-state index is 12.6. The molecule has 1 aliphatic carbocycles. The molecule has 9 nitrogen and oxygen atoms in total. The first-order valence-corrected chi connectivity index (χ1v) is 10.1. The van der Waals surface area contributed by atoms with Crippen LogP contribution in [0.2, 0.25) is 0 Å². The Bertz CT molecular complexity index is 1190. The second-order valence-corrected chi connectivity index (χ2v) is 7.22. The first-order chi connectivity index (χ1) is 15.5. The fourth-order valence-electron chi connectivity index (χ4n) is 3.51. The number of hydrazine groups is 1. The number of hydrogen-bond donors (Lipinski definition) is 3. The van der Waals surface area contributed by atoms with Gasteiger partial charge in [0.15, 0.2) is 5.76 Å². The number of hydrazone groups is 1. The molecule has 3 N–H and O–H groups in total. The number of carbonyl (C=O) groups is 3. The van der Waals surface area contributed by atoms with Crippen LogP contribution in [-0.4, -0.2) is 28.4 Å².